The molecule has 0 N–H and O–H groups in total. The summed E-state index contributed by atoms with van der Waals surface area (Å²) in [7, 11) is 0. The van der Waals surface area contributed by atoms with Gasteiger partial charge in [0.1, 0.15) is 11.3 Å². The fourth-order valence-corrected chi connectivity index (χ4v) is 8.40. The Bertz CT molecular complexity index is 3070. The van der Waals surface area contributed by atoms with Crippen molar-refractivity contribution >= 4 is 49.6 Å². The Hall–Kier alpha value is -7.94. The Morgan fingerprint density at radius 1 is 0.233 bits per heavy atom. The average Bonchev–Trinajstić information content (AvgIpc) is 3.77. The minimum atomic E-state index is 0.862. The molecule has 0 saturated heterocycles. The van der Waals surface area contributed by atoms with E-state index in [-0.39, 0.29) is 0 Å². The summed E-state index contributed by atoms with van der Waals surface area (Å²) in [5.74, 6) is 0.862. The molecule has 1 aromatic heterocycles. The molecule has 11 aromatic rings. The summed E-state index contributed by atoms with van der Waals surface area (Å²) >= 11 is 0. The lowest BCUT2D eigenvalue weighted by Gasteiger charge is -2.26. The van der Waals surface area contributed by atoms with Gasteiger partial charge in [0.2, 0.25) is 0 Å². The summed E-state index contributed by atoms with van der Waals surface area (Å²) in [5.41, 5.74) is 14.7. The largest absolute Gasteiger partial charge is 0.456 e. The lowest BCUT2D eigenvalue weighted by molar-refractivity contribution is 0.631. The molecule has 0 saturated carbocycles. The second kappa shape index (κ2) is 15.1. The van der Waals surface area contributed by atoms with E-state index in [9.17, 15) is 0 Å². The first-order chi connectivity index (χ1) is 29.7. The maximum atomic E-state index is 6.22. The zero-order chi connectivity index (χ0) is 39.8. The minimum Gasteiger partial charge on any atom is -0.456 e. The van der Waals surface area contributed by atoms with Crippen LogP contribution in [0.2, 0.25) is 0 Å². The molecule has 0 aliphatic carbocycles. The SMILES string of the molecule is c1ccc2cc(-c3ccc(-c4ccc(N(c5ccc(-c6ccc(-c7ccc8ccccc8c7)cc6)cc5)c5ccc(-c6cc7ccccc7o6)cc5)cc4)cc3)ccc2c1. The van der Waals surface area contributed by atoms with Gasteiger partial charge in [-0.3, -0.25) is 0 Å². The number of fused-ring (bicyclic) bond motifs is 3. The summed E-state index contributed by atoms with van der Waals surface area (Å²) in [6, 6.07) is 84.9. The van der Waals surface area contributed by atoms with Crippen molar-refractivity contribution in [3.63, 3.8) is 0 Å². The second-order valence-electron chi connectivity index (χ2n) is 15.4. The molecule has 1 heterocycles. The van der Waals surface area contributed by atoms with Crippen LogP contribution in [0.15, 0.2) is 241 Å². The standard InChI is InChI=1S/C58H39NO/c1-3-9-49-37-51(23-21-40(49)7-1)46-17-13-42(14-18-46)44-25-31-54(32-26-44)59(56-35-29-48(30-36-56)58-39-53-11-5-6-12-57(53)60-58)55-33-27-45(28-34-55)43-15-19-47(20-16-43)52-24-22-41-8-2-4-10-50(41)38-52/h1-39H. The lowest BCUT2D eigenvalue weighted by Crippen LogP contribution is -2.09. The van der Waals surface area contributed by atoms with E-state index in [2.05, 4.69) is 223 Å². The van der Waals surface area contributed by atoms with Crippen LogP contribution in [0.5, 0.6) is 0 Å². The van der Waals surface area contributed by atoms with Gasteiger partial charge in [0.25, 0.3) is 0 Å². The third-order valence-corrected chi connectivity index (χ3v) is 11.7. The first kappa shape index (κ1) is 35.2. The van der Waals surface area contributed by atoms with Gasteiger partial charge < -0.3 is 9.32 Å². The Morgan fingerprint density at radius 3 is 0.967 bits per heavy atom. The molecule has 0 bridgehead atoms. The Balaban J connectivity index is 0.893. The van der Waals surface area contributed by atoms with Crippen molar-refractivity contribution in [2.45, 2.75) is 0 Å². The molecule has 2 heteroatoms. The van der Waals surface area contributed by atoms with Gasteiger partial charge in [0, 0.05) is 28.0 Å². The van der Waals surface area contributed by atoms with Crippen molar-refractivity contribution in [2.24, 2.45) is 0 Å². The molecular formula is C58H39NO. The maximum absolute atomic E-state index is 6.22. The van der Waals surface area contributed by atoms with E-state index in [1.54, 1.807) is 0 Å². The number of hydrogen-bond donors (Lipinski definition) is 0. The normalized spacial score (nSPS) is 11.3. The molecule has 10 aromatic carbocycles. The van der Waals surface area contributed by atoms with Crippen LogP contribution in [-0.4, -0.2) is 0 Å². The quantitative estimate of drug-likeness (QED) is 0.153. The number of anilines is 3. The van der Waals surface area contributed by atoms with E-state index in [1.165, 1.54) is 66.1 Å². The lowest BCUT2D eigenvalue weighted by atomic mass is 9.98. The van der Waals surface area contributed by atoms with E-state index in [1.807, 2.05) is 18.2 Å². The van der Waals surface area contributed by atoms with Crippen LogP contribution in [0.25, 0.3) is 88.3 Å². The van der Waals surface area contributed by atoms with Gasteiger partial charge in [0.05, 0.1) is 0 Å². The van der Waals surface area contributed by atoms with Gasteiger partial charge >= 0.3 is 0 Å². The molecule has 0 unspecified atom stereocenters. The molecule has 0 aliphatic rings. The highest BCUT2D eigenvalue weighted by molar-refractivity contribution is 5.89. The summed E-state index contributed by atoms with van der Waals surface area (Å²) in [5, 5.41) is 6.13. The molecule has 0 spiro atoms. The molecule has 0 atom stereocenters. The molecule has 11 rings (SSSR count). The molecule has 0 aliphatic heterocycles. The third-order valence-electron chi connectivity index (χ3n) is 11.7. The number of para-hydroxylation sites is 1. The van der Waals surface area contributed by atoms with Crippen molar-refractivity contribution in [1.29, 1.82) is 0 Å². The molecule has 0 fully saturated rings. The molecule has 2 nitrogen and oxygen atoms in total. The zero-order valence-electron chi connectivity index (χ0n) is 32.9. The number of rotatable bonds is 8. The predicted molar refractivity (Wildman–Crippen MR) is 253 cm³/mol. The highest BCUT2D eigenvalue weighted by Crippen LogP contribution is 2.39. The van der Waals surface area contributed by atoms with Crippen LogP contribution < -0.4 is 4.90 Å². The first-order valence-corrected chi connectivity index (χ1v) is 20.5. The Kier molecular flexibility index (Phi) is 8.87. The van der Waals surface area contributed by atoms with Gasteiger partial charge in [-0.25, -0.2) is 0 Å². The predicted octanol–water partition coefficient (Wildman–Crippen LogP) is 16.5. The fraction of sp³-hybridized carbons (Fsp3) is 0. The van der Waals surface area contributed by atoms with Crippen molar-refractivity contribution < 1.29 is 4.42 Å². The molecule has 0 amide bonds. The van der Waals surface area contributed by atoms with Crippen molar-refractivity contribution in [2.75, 3.05) is 4.90 Å². The van der Waals surface area contributed by atoms with E-state index in [4.69, 9.17) is 4.42 Å². The van der Waals surface area contributed by atoms with E-state index in [0.29, 0.717) is 0 Å². The van der Waals surface area contributed by atoms with Crippen molar-refractivity contribution in [3.05, 3.63) is 237 Å². The third kappa shape index (κ3) is 6.81. The van der Waals surface area contributed by atoms with Crippen LogP contribution in [0.3, 0.4) is 0 Å². The summed E-state index contributed by atoms with van der Waals surface area (Å²) in [6.07, 6.45) is 0. The molecule has 60 heavy (non-hydrogen) atoms. The van der Waals surface area contributed by atoms with Gasteiger partial charge in [-0.2, -0.15) is 0 Å². The van der Waals surface area contributed by atoms with Gasteiger partial charge in [0.15, 0.2) is 0 Å². The monoisotopic (exact) mass is 765 g/mol. The van der Waals surface area contributed by atoms with Gasteiger partial charge in [-0.1, -0.05) is 164 Å². The number of hydrogen-bond acceptors (Lipinski definition) is 2. The van der Waals surface area contributed by atoms with Crippen LogP contribution in [0, 0.1) is 0 Å². The zero-order valence-corrected chi connectivity index (χ0v) is 32.9. The second-order valence-corrected chi connectivity index (χ2v) is 15.4. The highest BCUT2D eigenvalue weighted by atomic mass is 16.3. The summed E-state index contributed by atoms with van der Waals surface area (Å²) in [6.45, 7) is 0. The van der Waals surface area contributed by atoms with Crippen LogP contribution in [-0.2, 0) is 0 Å². The fourth-order valence-electron chi connectivity index (χ4n) is 8.40. The van der Waals surface area contributed by atoms with E-state index >= 15 is 0 Å². The van der Waals surface area contributed by atoms with Crippen LogP contribution >= 0.6 is 0 Å². The minimum absolute atomic E-state index is 0.862. The van der Waals surface area contributed by atoms with Crippen LogP contribution in [0.1, 0.15) is 0 Å². The van der Waals surface area contributed by atoms with E-state index in [0.717, 1.165) is 39.4 Å². The summed E-state index contributed by atoms with van der Waals surface area (Å²) in [4.78, 5) is 2.32. The van der Waals surface area contributed by atoms with Gasteiger partial charge in [-0.15, -0.1) is 0 Å². The van der Waals surface area contributed by atoms with Crippen molar-refractivity contribution in [1.82, 2.24) is 0 Å². The number of nitrogens with zero attached hydrogens (tertiary/aromatic N) is 1. The molecule has 0 radical (unpaired) electrons. The van der Waals surface area contributed by atoms with E-state index < -0.39 is 0 Å². The van der Waals surface area contributed by atoms with Crippen LogP contribution in [0.4, 0.5) is 17.1 Å². The maximum Gasteiger partial charge on any atom is 0.135 e. The molecule has 282 valence electrons. The summed E-state index contributed by atoms with van der Waals surface area (Å²) < 4.78 is 6.22. The Morgan fingerprint density at radius 2 is 0.550 bits per heavy atom. The smallest absolute Gasteiger partial charge is 0.135 e. The number of furan rings is 1. The van der Waals surface area contributed by atoms with Gasteiger partial charge in [-0.05, 0) is 139 Å². The molecular weight excluding hydrogens is 727 g/mol. The topological polar surface area (TPSA) is 16.4 Å². The highest BCUT2D eigenvalue weighted by Gasteiger charge is 2.15. The number of benzene rings is 10. The Labute approximate surface area is 349 Å². The first-order valence-electron chi connectivity index (χ1n) is 20.5. The van der Waals surface area contributed by atoms with Crippen molar-refractivity contribution in [3.8, 4) is 55.8 Å². The average molecular weight is 766 g/mol.